The first-order chi connectivity index (χ1) is 12.6. The smallest absolute Gasteiger partial charge is 0.128 e. The first-order valence-electron chi connectivity index (χ1n) is 7.79. The summed E-state index contributed by atoms with van der Waals surface area (Å²) in [7, 11) is 0. The predicted octanol–water partition coefficient (Wildman–Crippen LogP) is 6.73. The van der Waals surface area contributed by atoms with Crippen molar-refractivity contribution in [2.45, 2.75) is 0 Å². The molecule has 0 aliphatic heterocycles. The molecule has 0 atom stereocenters. The second kappa shape index (κ2) is 7.08. The number of halogens is 2. The van der Waals surface area contributed by atoms with E-state index >= 15 is 0 Å². The number of nitrogens with zero attached hydrogens (tertiary/aromatic N) is 2. The van der Waals surface area contributed by atoms with Gasteiger partial charge in [-0.1, -0.05) is 47.5 Å². The number of aromatic nitrogens is 1. The van der Waals surface area contributed by atoms with Gasteiger partial charge in [0, 0.05) is 17.8 Å². The molecule has 0 bridgehead atoms. The third-order valence-corrected chi connectivity index (χ3v) is 5.74. The van der Waals surface area contributed by atoms with Crippen LogP contribution in [-0.2, 0) is 0 Å². The molecule has 3 nitrogen and oxygen atoms in total. The molecule has 0 radical (unpaired) electrons. The maximum atomic E-state index is 10.4. The van der Waals surface area contributed by atoms with Crippen LogP contribution in [-0.4, -0.2) is 16.3 Å². The van der Waals surface area contributed by atoms with Crippen LogP contribution in [0.15, 0.2) is 65.7 Å². The van der Waals surface area contributed by atoms with Crippen LogP contribution in [0.3, 0.4) is 0 Å². The molecule has 0 saturated carbocycles. The maximum absolute atomic E-state index is 10.4. The van der Waals surface area contributed by atoms with E-state index in [0.29, 0.717) is 26.9 Å². The van der Waals surface area contributed by atoms with Crippen LogP contribution in [0.2, 0.25) is 10.0 Å². The average molecular weight is 399 g/mol. The van der Waals surface area contributed by atoms with Crippen LogP contribution in [0.5, 0.6) is 5.75 Å². The highest BCUT2D eigenvalue weighted by Crippen LogP contribution is 2.37. The molecule has 0 amide bonds. The normalized spacial score (nSPS) is 11.5. The van der Waals surface area contributed by atoms with Crippen molar-refractivity contribution in [3.05, 3.63) is 76.3 Å². The summed E-state index contributed by atoms with van der Waals surface area (Å²) in [5, 5.41) is 12.1. The zero-order valence-corrected chi connectivity index (χ0v) is 15.7. The van der Waals surface area contributed by atoms with Gasteiger partial charge in [-0.3, -0.25) is 4.99 Å². The monoisotopic (exact) mass is 398 g/mol. The van der Waals surface area contributed by atoms with Gasteiger partial charge < -0.3 is 5.11 Å². The third-order valence-electron chi connectivity index (χ3n) is 3.84. The lowest BCUT2D eigenvalue weighted by Gasteiger charge is -2.03. The second-order valence-electron chi connectivity index (χ2n) is 5.59. The molecule has 1 N–H and O–H groups in total. The van der Waals surface area contributed by atoms with Crippen LogP contribution >= 0.6 is 34.5 Å². The topological polar surface area (TPSA) is 45.5 Å². The largest absolute Gasteiger partial charge is 0.507 e. The van der Waals surface area contributed by atoms with Gasteiger partial charge >= 0.3 is 0 Å². The Kier molecular flexibility index (Phi) is 4.64. The van der Waals surface area contributed by atoms with Gasteiger partial charge in [0.1, 0.15) is 10.8 Å². The molecule has 1 aromatic heterocycles. The number of hydrogen-bond donors (Lipinski definition) is 1. The van der Waals surface area contributed by atoms with Crippen molar-refractivity contribution in [3.8, 4) is 16.3 Å². The standard InChI is InChI=1S/C20H12Cl2N2OS/c21-15-5-3-4-12(19(15)22)11-23-13-8-9-14(17(25)10-13)20-24-16-6-1-2-7-18(16)26-20/h1-11,25H. The van der Waals surface area contributed by atoms with Crippen LogP contribution < -0.4 is 0 Å². The second-order valence-corrected chi connectivity index (χ2v) is 7.41. The highest BCUT2D eigenvalue weighted by molar-refractivity contribution is 7.21. The first-order valence-corrected chi connectivity index (χ1v) is 9.36. The Bertz CT molecular complexity index is 1100. The molecule has 0 saturated heterocycles. The van der Waals surface area contributed by atoms with Gasteiger partial charge in [0.25, 0.3) is 0 Å². The number of phenols is 1. The minimum atomic E-state index is 0.135. The van der Waals surface area contributed by atoms with E-state index in [0.717, 1.165) is 15.2 Å². The van der Waals surface area contributed by atoms with Crippen LogP contribution in [0.1, 0.15) is 5.56 Å². The fourth-order valence-corrected chi connectivity index (χ4v) is 3.89. The molecular formula is C20H12Cl2N2OS. The molecule has 0 aliphatic rings. The van der Waals surface area contributed by atoms with E-state index in [1.54, 1.807) is 29.7 Å². The molecule has 0 fully saturated rings. The molecule has 4 aromatic rings. The summed E-state index contributed by atoms with van der Waals surface area (Å²) in [5.74, 6) is 0.135. The number of thiazole rings is 1. The Balaban J connectivity index is 1.65. The summed E-state index contributed by atoms with van der Waals surface area (Å²) in [6, 6.07) is 18.5. The van der Waals surface area contributed by atoms with Crippen LogP contribution in [0, 0.1) is 0 Å². The Morgan fingerprint density at radius 3 is 2.65 bits per heavy atom. The molecule has 128 valence electrons. The summed E-state index contributed by atoms with van der Waals surface area (Å²) >= 11 is 13.7. The zero-order chi connectivity index (χ0) is 18.1. The number of hydrogen-bond acceptors (Lipinski definition) is 4. The summed E-state index contributed by atoms with van der Waals surface area (Å²) in [6.07, 6.45) is 1.63. The van der Waals surface area contributed by atoms with Gasteiger partial charge in [-0.15, -0.1) is 11.3 Å². The van der Waals surface area contributed by atoms with E-state index in [2.05, 4.69) is 9.98 Å². The lowest BCUT2D eigenvalue weighted by Crippen LogP contribution is -1.83. The van der Waals surface area contributed by atoms with Crippen molar-refractivity contribution in [1.29, 1.82) is 0 Å². The molecule has 3 aromatic carbocycles. The number of aliphatic imine (C=N–C) groups is 1. The third kappa shape index (κ3) is 3.31. The number of para-hydroxylation sites is 1. The van der Waals surface area contributed by atoms with Crippen LogP contribution in [0.25, 0.3) is 20.8 Å². The predicted molar refractivity (Wildman–Crippen MR) is 110 cm³/mol. The quantitative estimate of drug-likeness (QED) is 0.389. The van der Waals surface area contributed by atoms with E-state index in [1.165, 1.54) is 0 Å². The van der Waals surface area contributed by atoms with Crippen molar-refractivity contribution in [3.63, 3.8) is 0 Å². The molecule has 1 heterocycles. The number of benzene rings is 3. The first kappa shape index (κ1) is 17.0. The van der Waals surface area contributed by atoms with E-state index in [-0.39, 0.29) is 5.75 Å². The van der Waals surface area contributed by atoms with Gasteiger partial charge in [-0.2, -0.15) is 0 Å². The molecule has 0 spiro atoms. The SMILES string of the molecule is Oc1cc(N=Cc2cccc(Cl)c2Cl)ccc1-c1nc2ccccc2s1. The minimum Gasteiger partial charge on any atom is -0.507 e. The van der Waals surface area contributed by atoms with E-state index in [1.807, 2.05) is 48.5 Å². The Labute approximate surface area is 164 Å². The van der Waals surface area contributed by atoms with E-state index in [4.69, 9.17) is 23.2 Å². The van der Waals surface area contributed by atoms with Crippen molar-refractivity contribution < 1.29 is 5.11 Å². The molecule has 0 aliphatic carbocycles. The van der Waals surface area contributed by atoms with Gasteiger partial charge in [0.15, 0.2) is 0 Å². The van der Waals surface area contributed by atoms with E-state index < -0.39 is 0 Å². The van der Waals surface area contributed by atoms with Gasteiger partial charge in [-0.05, 0) is 30.3 Å². The number of fused-ring (bicyclic) bond motifs is 1. The number of rotatable bonds is 3. The highest BCUT2D eigenvalue weighted by atomic mass is 35.5. The summed E-state index contributed by atoms with van der Waals surface area (Å²) in [6.45, 7) is 0. The average Bonchev–Trinajstić information content (AvgIpc) is 3.07. The van der Waals surface area contributed by atoms with Crippen molar-refractivity contribution in [1.82, 2.24) is 4.98 Å². The van der Waals surface area contributed by atoms with Crippen molar-refractivity contribution in [2.75, 3.05) is 0 Å². The maximum Gasteiger partial charge on any atom is 0.128 e. The summed E-state index contributed by atoms with van der Waals surface area (Å²) < 4.78 is 1.08. The molecule has 26 heavy (non-hydrogen) atoms. The van der Waals surface area contributed by atoms with Crippen LogP contribution in [0.4, 0.5) is 5.69 Å². The summed E-state index contributed by atoms with van der Waals surface area (Å²) in [4.78, 5) is 8.95. The minimum absolute atomic E-state index is 0.135. The fraction of sp³-hybridized carbons (Fsp3) is 0. The number of phenolic OH excluding ortho intramolecular Hbond substituents is 1. The molecule has 4 rings (SSSR count). The van der Waals surface area contributed by atoms with Crippen molar-refractivity contribution >= 4 is 56.7 Å². The molecular weight excluding hydrogens is 387 g/mol. The Morgan fingerprint density at radius 1 is 1.00 bits per heavy atom. The molecule has 0 unspecified atom stereocenters. The van der Waals surface area contributed by atoms with Gasteiger partial charge in [-0.25, -0.2) is 4.98 Å². The lowest BCUT2D eigenvalue weighted by molar-refractivity contribution is 0.477. The highest BCUT2D eigenvalue weighted by Gasteiger charge is 2.10. The Morgan fingerprint density at radius 2 is 1.85 bits per heavy atom. The fourth-order valence-electron chi connectivity index (χ4n) is 2.53. The summed E-state index contributed by atoms with van der Waals surface area (Å²) in [5.41, 5.74) is 2.94. The molecule has 6 heteroatoms. The lowest BCUT2D eigenvalue weighted by atomic mass is 10.2. The zero-order valence-electron chi connectivity index (χ0n) is 13.4. The van der Waals surface area contributed by atoms with Gasteiger partial charge in [0.2, 0.25) is 0 Å². The Hall–Kier alpha value is -2.40. The van der Waals surface area contributed by atoms with Gasteiger partial charge in [0.05, 0.1) is 31.5 Å². The van der Waals surface area contributed by atoms with Crippen molar-refractivity contribution in [2.24, 2.45) is 4.99 Å². The number of aromatic hydroxyl groups is 1. The van der Waals surface area contributed by atoms with E-state index in [9.17, 15) is 5.11 Å².